The Balaban J connectivity index is 2.24. The number of aliphatic hydroxyl groups is 2. The number of nitrogens with one attached hydrogen (secondary N) is 1. The Labute approximate surface area is 176 Å². The van der Waals surface area contributed by atoms with E-state index in [-0.39, 0.29) is 25.0 Å². The second kappa shape index (κ2) is 9.51. The number of nitrogens with zero attached hydrogens (tertiary/aromatic N) is 2. The minimum atomic E-state index is -2.37. The van der Waals surface area contributed by atoms with Crippen molar-refractivity contribution in [1.82, 2.24) is 5.32 Å². The summed E-state index contributed by atoms with van der Waals surface area (Å²) in [5, 5.41) is 26.7. The zero-order valence-corrected chi connectivity index (χ0v) is 17.7. The van der Waals surface area contributed by atoms with Crippen molar-refractivity contribution in [1.29, 1.82) is 0 Å². The number of β-amino-alcohol motifs (C(OH)–C–C–N with tert-alkyl or cyclic N) is 1. The Morgan fingerprint density at radius 1 is 1.40 bits per heavy atom. The first-order chi connectivity index (χ1) is 14.1. The number of nitroso groups, excluding NO2 is 1. The number of fused-ring (bicyclic) bond motifs is 1. The Hall–Kier alpha value is -2.54. The fourth-order valence-electron chi connectivity index (χ4n) is 3.53. The van der Waals surface area contributed by atoms with Crippen LogP contribution in [0.2, 0.25) is 0 Å². The summed E-state index contributed by atoms with van der Waals surface area (Å²) in [6.07, 6.45) is -1.71. The van der Waals surface area contributed by atoms with Gasteiger partial charge in [0.2, 0.25) is 0 Å². The lowest BCUT2D eigenvalue weighted by Crippen LogP contribution is -2.50. The summed E-state index contributed by atoms with van der Waals surface area (Å²) >= 11 is 0. The van der Waals surface area contributed by atoms with Gasteiger partial charge in [0.05, 0.1) is 13.2 Å². The van der Waals surface area contributed by atoms with Crippen LogP contribution in [0.25, 0.3) is 4.85 Å². The zero-order chi connectivity index (χ0) is 22.5. The third kappa shape index (κ3) is 5.14. The molecule has 4 atom stereocenters. The highest BCUT2D eigenvalue weighted by atomic mass is 16.5. The second-order valence-corrected chi connectivity index (χ2v) is 8.49. The molecule has 1 aromatic rings. The molecule has 0 bridgehead atoms. The highest BCUT2D eigenvalue weighted by Gasteiger charge is 2.60. The van der Waals surface area contributed by atoms with Crippen LogP contribution in [0.1, 0.15) is 31.9 Å². The molecule has 3 N–H and O–H groups in total. The molecule has 4 unspecified atom stereocenters. The van der Waals surface area contributed by atoms with Crippen molar-refractivity contribution in [2.45, 2.75) is 57.0 Å². The van der Waals surface area contributed by atoms with E-state index in [0.29, 0.717) is 17.9 Å². The maximum absolute atomic E-state index is 12.2. The maximum Gasteiger partial charge on any atom is 0.459 e. The number of aliphatic hydroxyl groups excluding tert-OH is 2. The molecular formula is C21H29N3O6. The van der Waals surface area contributed by atoms with Crippen LogP contribution in [-0.2, 0) is 22.4 Å². The molecule has 0 spiro atoms. The van der Waals surface area contributed by atoms with Crippen LogP contribution in [0.5, 0.6) is 5.75 Å². The molecule has 0 fully saturated rings. The standard InChI is InChI=1S/C21H29N3O6/c1-20(2,3)23-11-14(25)12-30-18-8-6-7-13-9-17(26)16(10-15(13)18)21(22-4,24-28)19(27)29-5/h6-8,14,16-17,23,25-26H,9-12H2,1-3,5H3. The van der Waals surface area contributed by atoms with Gasteiger partial charge < -0.3 is 25.0 Å². The number of benzene rings is 1. The molecule has 0 radical (unpaired) electrons. The fourth-order valence-corrected chi connectivity index (χ4v) is 3.53. The third-order valence-electron chi connectivity index (χ3n) is 5.16. The first kappa shape index (κ1) is 23.7. The molecule has 0 amide bonds. The lowest BCUT2D eigenvalue weighted by atomic mass is 9.75. The molecule has 9 heteroatoms. The van der Waals surface area contributed by atoms with Crippen molar-refractivity contribution < 1.29 is 24.5 Å². The van der Waals surface area contributed by atoms with Gasteiger partial charge in [-0.15, -0.1) is 4.91 Å². The Kier molecular flexibility index (Phi) is 7.53. The molecule has 0 saturated carbocycles. The van der Waals surface area contributed by atoms with Crippen molar-refractivity contribution in [2.24, 2.45) is 11.1 Å². The van der Waals surface area contributed by atoms with Crippen molar-refractivity contribution in [3.63, 3.8) is 0 Å². The number of rotatable bonds is 8. The van der Waals surface area contributed by atoms with Crippen LogP contribution < -0.4 is 10.1 Å². The van der Waals surface area contributed by atoms with Crippen LogP contribution in [-0.4, -0.2) is 59.9 Å². The normalized spacial score (nSPS) is 21.5. The van der Waals surface area contributed by atoms with Gasteiger partial charge in [-0.05, 0) is 50.8 Å². The SMILES string of the molecule is [C-]#[N+]C(N=O)(C(=O)OC)C1Cc2c(cccc2OCC(O)CNC(C)(C)C)CC1O. The van der Waals surface area contributed by atoms with Crippen LogP contribution in [0.3, 0.4) is 0 Å². The van der Waals surface area contributed by atoms with Crippen molar-refractivity contribution in [3.05, 3.63) is 45.7 Å². The maximum atomic E-state index is 12.2. The number of carbonyl (C=O) groups is 1. The molecule has 0 heterocycles. The molecule has 0 aromatic heterocycles. The molecule has 9 nitrogen and oxygen atoms in total. The summed E-state index contributed by atoms with van der Waals surface area (Å²) in [6, 6.07) is 5.29. The van der Waals surface area contributed by atoms with Gasteiger partial charge >= 0.3 is 11.6 Å². The molecule has 2 rings (SSSR count). The second-order valence-electron chi connectivity index (χ2n) is 8.49. The Morgan fingerprint density at radius 3 is 2.67 bits per heavy atom. The smallest absolute Gasteiger partial charge is 0.459 e. The van der Waals surface area contributed by atoms with E-state index in [1.54, 1.807) is 12.1 Å². The van der Waals surface area contributed by atoms with E-state index in [1.165, 1.54) is 0 Å². The van der Waals surface area contributed by atoms with E-state index in [9.17, 15) is 19.9 Å². The minimum Gasteiger partial charge on any atom is -0.491 e. The van der Waals surface area contributed by atoms with Gasteiger partial charge in [0.25, 0.3) is 0 Å². The lowest BCUT2D eigenvalue weighted by Gasteiger charge is -2.32. The third-order valence-corrected chi connectivity index (χ3v) is 5.16. The monoisotopic (exact) mass is 419 g/mol. The van der Waals surface area contributed by atoms with Crippen molar-refractivity contribution in [3.8, 4) is 5.75 Å². The Bertz CT molecular complexity index is 816. The molecule has 1 aromatic carbocycles. The van der Waals surface area contributed by atoms with Crippen LogP contribution >= 0.6 is 0 Å². The lowest BCUT2D eigenvalue weighted by molar-refractivity contribution is -0.149. The first-order valence-electron chi connectivity index (χ1n) is 9.74. The quantitative estimate of drug-likeness (QED) is 0.331. The minimum absolute atomic E-state index is 0.0314. The summed E-state index contributed by atoms with van der Waals surface area (Å²) < 4.78 is 10.4. The summed E-state index contributed by atoms with van der Waals surface area (Å²) in [7, 11) is 1.07. The number of ether oxygens (including phenoxy) is 2. The van der Waals surface area contributed by atoms with Crippen LogP contribution in [0, 0.1) is 17.4 Å². The highest BCUT2D eigenvalue weighted by Crippen LogP contribution is 2.40. The van der Waals surface area contributed by atoms with E-state index in [0.717, 1.165) is 12.7 Å². The van der Waals surface area contributed by atoms with E-state index >= 15 is 0 Å². The largest absolute Gasteiger partial charge is 0.491 e. The van der Waals surface area contributed by atoms with Gasteiger partial charge in [-0.3, -0.25) is 4.85 Å². The van der Waals surface area contributed by atoms with Gasteiger partial charge in [-0.25, -0.2) is 11.4 Å². The molecule has 30 heavy (non-hydrogen) atoms. The van der Waals surface area contributed by atoms with E-state index in [2.05, 4.69) is 20.1 Å². The first-order valence-corrected chi connectivity index (χ1v) is 9.74. The Morgan fingerprint density at radius 2 is 2.10 bits per heavy atom. The highest BCUT2D eigenvalue weighted by molar-refractivity contribution is 5.83. The summed E-state index contributed by atoms with van der Waals surface area (Å²) in [5.74, 6) is -1.71. The average Bonchev–Trinajstić information content (AvgIpc) is 2.71. The van der Waals surface area contributed by atoms with Gasteiger partial charge in [-0.2, -0.15) is 0 Å². The number of esters is 1. The summed E-state index contributed by atoms with van der Waals surface area (Å²) in [5.41, 5.74) is -1.05. The molecule has 0 aliphatic heterocycles. The number of carbonyl (C=O) groups excluding carboxylic acids is 1. The molecule has 1 aliphatic rings. The molecular weight excluding hydrogens is 390 g/mol. The van der Waals surface area contributed by atoms with E-state index in [1.807, 2.05) is 26.8 Å². The molecule has 164 valence electrons. The van der Waals surface area contributed by atoms with E-state index < -0.39 is 29.8 Å². The number of hydrogen-bond acceptors (Lipinski definition) is 8. The average molecular weight is 419 g/mol. The predicted octanol–water partition coefficient (Wildman–Crippen LogP) is 1.45. The van der Waals surface area contributed by atoms with Crippen LogP contribution in [0.15, 0.2) is 23.4 Å². The van der Waals surface area contributed by atoms with Crippen molar-refractivity contribution >= 4 is 5.97 Å². The van der Waals surface area contributed by atoms with Crippen LogP contribution in [0.4, 0.5) is 0 Å². The van der Waals surface area contributed by atoms with Gasteiger partial charge in [0, 0.05) is 17.3 Å². The fraction of sp³-hybridized carbons (Fsp3) is 0.619. The predicted molar refractivity (Wildman–Crippen MR) is 110 cm³/mol. The number of methoxy groups -OCH3 is 1. The molecule has 0 saturated heterocycles. The summed E-state index contributed by atoms with van der Waals surface area (Å²) in [6.45, 7) is 13.7. The topological polar surface area (TPSA) is 122 Å². The van der Waals surface area contributed by atoms with E-state index in [4.69, 9.17) is 11.3 Å². The van der Waals surface area contributed by atoms with Gasteiger partial charge in [0.1, 0.15) is 24.4 Å². The zero-order valence-electron chi connectivity index (χ0n) is 17.7. The molecule has 1 aliphatic carbocycles. The summed E-state index contributed by atoms with van der Waals surface area (Å²) in [4.78, 5) is 26.9. The van der Waals surface area contributed by atoms with Crippen molar-refractivity contribution in [2.75, 3.05) is 20.3 Å². The number of hydrogen-bond donors (Lipinski definition) is 3. The van der Waals surface area contributed by atoms with Gasteiger partial charge in [0.15, 0.2) is 0 Å². The van der Waals surface area contributed by atoms with Gasteiger partial charge in [-0.1, -0.05) is 12.1 Å².